The predicted molar refractivity (Wildman–Crippen MR) is 53.7 cm³/mol. The molecular formula is C10H10F3NO2. The molecular weight excluding hydrogens is 223 g/mol. The first-order chi connectivity index (χ1) is 7.42. The van der Waals surface area contributed by atoms with E-state index >= 15 is 0 Å². The third-order valence-corrected chi connectivity index (χ3v) is 1.69. The molecule has 3 N–H and O–H groups in total. The summed E-state index contributed by atoms with van der Waals surface area (Å²) in [4.78, 5) is 0. The van der Waals surface area contributed by atoms with Crippen LogP contribution in [0.1, 0.15) is 5.56 Å². The van der Waals surface area contributed by atoms with Crippen LogP contribution in [0.2, 0.25) is 0 Å². The average molecular weight is 233 g/mol. The number of benzene rings is 1. The second kappa shape index (κ2) is 4.89. The lowest BCUT2D eigenvalue weighted by molar-refractivity contribution is -0.274. The smallest absolute Gasteiger partial charge is 0.406 e. The molecule has 0 spiro atoms. The second-order valence-electron chi connectivity index (χ2n) is 2.92. The normalized spacial score (nSPS) is 12.0. The van der Waals surface area contributed by atoms with Crippen LogP contribution in [-0.4, -0.2) is 18.1 Å². The molecule has 1 rings (SSSR count). The first kappa shape index (κ1) is 12.4. The minimum Gasteiger partial charge on any atom is -0.406 e. The third kappa shape index (κ3) is 3.82. The molecule has 6 heteroatoms. The topological polar surface area (TPSA) is 55.5 Å². The van der Waals surface area contributed by atoms with Crippen LogP contribution < -0.4 is 10.5 Å². The van der Waals surface area contributed by atoms with E-state index in [1.807, 2.05) is 0 Å². The van der Waals surface area contributed by atoms with Gasteiger partial charge in [-0.25, -0.2) is 0 Å². The molecule has 0 saturated carbocycles. The van der Waals surface area contributed by atoms with E-state index in [1.54, 1.807) is 0 Å². The van der Waals surface area contributed by atoms with Gasteiger partial charge in [-0.1, -0.05) is 12.2 Å². The number of nitrogens with two attached hydrogens (primary N) is 1. The SMILES string of the molecule is Nc1ccc(OC(F)(F)F)cc1C=CCO. The summed E-state index contributed by atoms with van der Waals surface area (Å²) in [6.07, 6.45) is -1.95. The van der Waals surface area contributed by atoms with Crippen LogP contribution in [0, 0.1) is 0 Å². The molecule has 0 bridgehead atoms. The van der Waals surface area contributed by atoms with Gasteiger partial charge in [-0.15, -0.1) is 13.2 Å². The van der Waals surface area contributed by atoms with E-state index in [0.717, 1.165) is 12.1 Å². The van der Waals surface area contributed by atoms with Crippen LogP contribution in [-0.2, 0) is 0 Å². The number of anilines is 1. The third-order valence-electron chi connectivity index (χ3n) is 1.69. The second-order valence-corrected chi connectivity index (χ2v) is 2.92. The number of aliphatic hydroxyl groups excluding tert-OH is 1. The summed E-state index contributed by atoms with van der Waals surface area (Å²) in [5.74, 6) is -0.348. The number of hydrogen-bond acceptors (Lipinski definition) is 3. The van der Waals surface area contributed by atoms with E-state index in [0.29, 0.717) is 11.3 Å². The largest absolute Gasteiger partial charge is 0.573 e. The maximum absolute atomic E-state index is 11.9. The van der Waals surface area contributed by atoms with Gasteiger partial charge >= 0.3 is 6.36 Å². The molecule has 0 saturated heterocycles. The highest BCUT2D eigenvalue weighted by Crippen LogP contribution is 2.26. The van der Waals surface area contributed by atoms with E-state index in [2.05, 4.69) is 4.74 Å². The Balaban J connectivity index is 2.94. The standard InChI is InChI=1S/C10H10F3NO2/c11-10(12,13)16-8-3-4-9(14)7(6-8)2-1-5-15/h1-4,6,15H,5,14H2. The first-order valence-corrected chi connectivity index (χ1v) is 4.35. The fourth-order valence-electron chi connectivity index (χ4n) is 1.07. The Morgan fingerprint density at radius 3 is 2.62 bits per heavy atom. The van der Waals surface area contributed by atoms with Crippen molar-refractivity contribution in [1.29, 1.82) is 0 Å². The lowest BCUT2D eigenvalue weighted by atomic mass is 10.1. The Bertz CT molecular complexity index is 388. The summed E-state index contributed by atoms with van der Waals surface area (Å²) < 4.78 is 39.5. The molecule has 0 atom stereocenters. The molecule has 88 valence electrons. The van der Waals surface area contributed by atoms with Gasteiger partial charge in [0.25, 0.3) is 0 Å². The number of aliphatic hydroxyl groups is 1. The Morgan fingerprint density at radius 1 is 1.38 bits per heavy atom. The van der Waals surface area contributed by atoms with Crippen molar-refractivity contribution in [3.63, 3.8) is 0 Å². The van der Waals surface area contributed by atoms with E-state index < -0.39 is 6.36 Å². The Morgan fingerprint density at radius 2 is 2.06 bits per heavy atom. The molecule has 0 aliphatic carbocycles. The van der Waals surface area contributed by atoms with Crippen LogP contribution in [0.25, 0.3) is 6.08 Å². The van der Waals surface area contributed by atoms with E-state index in [-0.39, 0.29) is 12.4 Å². The number of hydrogen-bond donors (Lipinski definition) is 2. The van der Waals surface area contributed by atoms with Crippen LogP contribution in [0.4, 0.5) is 18.9 Å². The van der Waals surface area contributed by atoms with Crippen molar-refractivity contribution in [2.75, 3.05) is 12.3 Å². The summed E-state index contributed by atoms with van der Waals surface area (Å²) in [7, 11) is 0. The van der Waals surface area contributed by atoms with Gasteiger partial charge in [0.15, 0.2) is 0 Å². The number of halogens is 3. The van der Waals surface area contributed by atoms with Crippen molar-refractivity contribution in [3.05, 3.63) is 29.8 Å². The summed E-state index contributed by atoms with van der Waals surface area (Å²) in [6.45, 7) is -0.218. The van der Waals surface area contributed by atoms with Gasteiger partial charge in [-0.05, 0) is 18.2 Å². The Labute approximate surface area is 89.9 Å². The van der Waals surface area contributed by atoms with Gasteiger partial charge in [0.1, 0.15) is 5.75 Å². The Hall–Kier alpha value is -1.69. The first-order valence-electron chi connectivity index (χ1n) is 4.35. The van der Waals surface area contributed by atoms with Crippen LogP contribution in [0.3, 0.4) is 0 Å². The van der Waals surface area contributed by atoms with Crippen LogP contribution >= 0.6 is 0 Å². The van der Waals surface area contributed by atoms with E-state index in [4.69, 9.17) is 10.8 Å². The molecule has 16 heavy (non-hydrogen) atoms. The van der Waals surface area contributed by atoms with Gasteiger partial charge in [-0.3, -0.25) is 0 Å². The highest BCUT2D eigenvalue weighted by atomic mass is 19.4. The van der Waals surface area contributed by atoms with Gasteiger partial charge in [-0.2, -0.15) is 0 Å². The van der Waals surface area contributed by atoms with E-state index in [9.17, 15) is 13.2 Å². The molecule has 0 unspecified atom stereocenters. The summed E-state index contributed by atoms with van der Waals surface area (Å²) in [5, 5.41) is 8.54. The molecule has 0 amide bonds. The molecule has 0 aromatic heterocycles. The van der Waals surface area contributed by atoms with Gasteiger partial charge < -0.3 is 15.6 Å². The number of rotatable bonds is 3. The quantitative estimate of drug-likeness (QED) is 0.786. The predicted octanol–water partition coefficient (Wildman–Crippen LogP) is 2.17. The van der Waals surface area contributed by atoms with Crippen molar-refractivity contribution in [3.8, 4) is 5.75 Å². The van der Waals surface area contributed by atoms with Gasteiger partial charge in [0, 0.05) is 11.3 Å². The Kier molecular flexibility index (Phi) is 3.78. The van der Waals surface area contributed by atoms with Gasteiger partial charge in [0.2, 0.25) is 0 Å². The van der Waals surface area contributed by atoms with E-state index in [1.165, 1.54) is 18.2 Å². The minimum absolute atomic E-state index is 0.218. The van der Waals surface area contributed by atoms with Crippen molar-refractivity contribution in [1.82, 2.24) is 0 Å². The fraction of sp³-hybridized carbons (Fsp3) is 0.200. The molecule has 0 aliphatic rings. The maximum atomic E-state index is 11.9. The lowest BCUT2D eigenvalue weighted by Gasteiger charge is -2.10. The average Bonchev–Trinajstić information content (AvgIpc) is 2.17. The highest BCUT2D eigenvalue weighted by Gasteiger charge is 2.31. The summed E-state index contributed by atoms with van der Waals surface area (Å²) >= 11 is 0. The van der Waals surface area contributed by atoms with Crippen molar-refractivity contribution in [2.24, 2.45) is 0 Å². The van der Waals surface area contributed by atoms with Gasteiger partial charge in [0.05, 0.1) is 6.61 Å². The summed E-state index contributed by atoms with van der Waals surface area (Å²) in [5.41, 5.74) is 6.19. The van der Waals surface area contributed by atoms with Crippen LogP contribution in [0.15, 0.2) is 24.3 Å². The molecule has 3 nitrogen and oxygen atoms in total. The molecule has 1 aromatic carbocycles. The monoisotopic (exact) mass is 233 g/mol. The maximum Gasteiger partial charge on any atom is 0.573 e. The fourth-order valence-corrected chi connectivity index (χ4v) is 1.07. The molecule has 0 radical (unpaired) electrons. The van der Waals surface area contributed by atoms with Crippen molar-refractivity contribution >= 4 is 11.8 Å². The number of ether oxygens (including phenoxy) is 1. The highest BCUT2D eigenvalue weighted by molar-refractivity contribution is 5.66. The number of nitrogen functional groups attached to an aromatic ring is 1. The zero-order valence-corrected chi connectivity index (χ0v) is 8.16. The van der Waals surface area contributed by atoms with Crippen molar-refractivity contribution < 1.29 is 23.0 Å². The van der Waals surface area contributed by atoms with Crippen molar-refractivity contribution in [2.45, 2.75) is 6.36 Å². The molecule has 0 heterocycles. The zero-order valence-electron chi connectivity index (χ0n) is 8.16. The minimum atomic E-state index is -4.73. The van der Waals surface area contributed by atoms with Crippen LogP contribution in [0.5, 0.6) is 5.75 Å². The zero-order chi connectivity index (χ0) is 12.2. The lowest BCUT2D eigenvalue weighted by Crippen LogP contribution is -2.17. The molecule has 0 aliphatic heterocycles. The summed E-state index contributed by atoms with van der Waals surface area (Å²) in [6, 6.07) is 3.58. The molecule has 1 aromatic rings. The molecule has 0 fully saturated rings. The number of alkyl halides is 3.